The topological polar surface area (TPSA) is 75.4 Å². The summed E-state index contributed by atoms with van der Waals surface area (Å²) in [5.41, 5.74) is 7.07. The normalized spacial score (nSPS) is 17.7. The first-order valence-electron chi connectivity index (χ1n) is 7.42. The minimum absolute atomic E-state index is 0.00324. The number of carbonyl (C=O) groups is 1. The highest BCUT2D eigenvalue weighted by atomic mass is 16.3. The van der Waals surface area contributed by atoms with Gasteiger partial charge in [0.1, 0.15) is 5.75 Å². The van der Waals surface area contributed by atoms with Crippen molar-refractivity contribution in [2.75, 3.05) is 6.54 Å². The first kappa shape index (κ1) is 14.9. The van der Waals surface area contributed by atoms with Crippen molar-refractivity contribution in [1.29, 1.82) is 0 Å². The average molecular weight is 276 g/mol. The van der Waals surface area contributed by atoms with Crippen LogP contribution < -0.4 is 11.1 Å². The molecule has 1 atom stereocenters. The number of phenolic OH excluding ortho intramolecular Hbond substituents is 1. The molecule has 1 saturated carbocycles. The van der Waals surface area contributed by atoms with Gasteiger partial charge in [-0.05, 0) is 43.4 Å². The molecular weight excluding hydrogens is 252 g/mol. The maximum absolute atomic E-state index is 12.3. The van der Waals surface area contributed by atoms with Crippen molar-refractivity contribution in [1.82, 2.24) is 5.32 Å². The number of hydrogen-bond donors (Lipinski definition) is 3. The molecule has 2 rings (SSSR count). The third-order valence-electron chi connectivity index (χ3n) is 4.19. The quantitative estimate of drug-likeness (QED) is 0.790. The zero-order valence-corrected chi connectivity index (χ0v) is 12.1. The Labute approximate surface area is 120 Å². The number of rotatable bonds is 4. The third-order valence-corrected chi connectivity index (χ3v) is 4.19. The molecule has 0 spiro atoms. The van der Waals surface area contributed by atoms with E-state index < -0.39 is 0 Å². The van der Waals surface area contributed by atoms with E-state index in [9.17, 15) is 9.90 Å². The Balaban J connectivity index is 2.04. The van der Waals surface area contributed by atoms with Gasteiger partial charge in [-0.15, -0.1) is 0 Å². The van der Waals surface area contributed by atoms with Crippen LogP contribution in [-0.4, -0.2) is 23.6 Å². The van der Waals surface area contributed by atoms with Crippen LogP contribution in [0.4, 0.5) is 0 Å². The summed E-state index contributed by atoms with van der Waals surface area (Å²) >= 11 is 0. The molecule has 1 aromatic carbocycles. The van der Waals surface area contributed by atoms with Gasteiger partial charge >= 0.3 is 0 Å². The van der Waals surface area contributed by atoms with Crippen molar-refractivity contribution in [3.8, 4) is 5.75 Å². The predicted octanol–water partition coefficient (Wildman–Crippen LogP) is 2.34. The van der Waals surface area contributed by atoms with Gasteiger partial charge in [-0.3, -0.25) is 4.79 Å². The molecule has 110 valence electrons. The van der Waals surface area contributed by atoms with Crippen LogP contribution in [0.15, 0.2) is 18.2 Å². The Kier molecular flexibility index (Phi) is 5.01. The Morgan fingerprint density at radius 3 is 2.70 bits per heavy atom. The van der Waals surface area contributed by atoms with Crippen molar-refractivity contribution >= 4 is 5.91 Å². The highest BCUT2D eigenvalue weighted by Gasteiger charge is 2.25. The molecule has 0 radical (unpaired) electrons. The van der Waals surface area contributed by atoms with E-state index >= 15 is 0 Å². The molecule has 4 nitrogen and oxygen atoms in total. The van der Waals surface area contributed by atoms with Crippen LogP contribution in [0.3, 0.4) is 0 Å². The molecule has 0 saturated heterocycles. The number of carbonyl (C=O) groups excluding carboxylic acids is 1. The second-order valence-corrected chi connectivity index (χ2v) is 5.73. The first-order valence-corrected chi connectivity index (χ1v) is 7.42. The van der Waals surface area contributed by atoms with Crippen molar-refractivity contribution in [2.45, 2.75) is 45.1 Å². The zero-order valence-electron chi connectivity index (χ0n) is 12.1. The molecule has 4 heteroatoms. The molecule has 1 unspecified atom stereocenters. The second-order valence-electron chi connectivity index (χ2n) is 5.73. The summed E-state index contributed by atoms with van der Waals surface area (Å²) in [5.74, 6) is 0.260. The molecule has 1 fully saturated rings. The molecule has 0 bridgehead atoms. The minimum atomic E-state index is -0.233. The predicted molar refractivity (Wildman–Crippen MR) is 79.7 cm³/mol. The summed E-state index contributed by atoms with van der Waals surface area (Å²) in [7, 11) is 0. The number of amides is 1. The molecule has 0 aliphatic heterocycles. The van der Waals surface area contributed by atoms with E-state index in [4.69, 9.17) is 5.73 Å². The summed E-state index contributed by atoms with van der Waals surface area (Å²) in [6, 6.07) is 5.09. The number of aromatic hydroxyl groups is 1. The van der Waals surface area contributed by atoms with Gasteiger partial charge in [0.15, 0.2) is 0 Å². The molecule has 0 heterocycles. The molecule has 1 aromatic rings. The van der Waals surface area contributed by atoms with Crippen molar-refractivity contribution in [3.63, 3.8) is 0 Å². The fourth-order valence-corrected chi connectivity index (χ4v) is 2.99. The maximum Gasteiger partial charge on any atom is 0.255 e. The van der Waals surface area contributed by atoms with E-state index in [-0.39, 0.29) is 17.7 Å². The number of phenols is 1. The number of nitrogens with two attached hydrogens (primary N) is 1. The molecule has 4 N–H and O–H groups in total. The summed E-state index contributed by atoms with van der Waals surface area (Å²) in [6.45, 7) is 2.33. The number of nitrogens with one attached hydrogen (secondary N) is 1. The molecule has 0 aromatic heterocycles. The van der Waals surface area contributed by atoms with Gasteiger partial charge in [-0.2, -0.15) is 0 Å². The fraction of sp³-hybridized carbons (Fsp3) is 0.562. The second kappa shape index (κ2) is 6.75. The fourth-order valence-electron chi connectivity index (χ4n) is 2.99. The number of hydrogen-bond acceptors (Lipinski definition) is 3. The Bertz CT molecular complexity index is 468. The molecular formula is C16H24N2O2. The zero-order chi connectivity index (χ0) is 14.5. The van der Waals surface area contributed by atoms with Crippen LogP contribution in [-0.2, 0) is 0 Å². The Hall–Kier alpha value is -1.55. The van der Waals surface area contributed by atoms with Gasteiger partial charge in [0, 0.05) is 12.6 Å². The maximum atomic E-state index is 12.3. The van der Waals surface area contributed by atoms with Crippen molar-refractivity contribution < 1.29 is 9.90 Å². The van der Waals surface area contributed by atoms with Gasteiger partial charge < -0.3 is 16.2 Å². The van der Waals surface area contributed by atoms with Crippen LogP contribution in [0.1, 0.15) is 48.0 Å². The van der Waals surface area contributed by atoms with Crippen LogP contribution in [0.5, 0.6) is 5.75 Å². The molecule has 1 aliphatic carbocycles. The summed E-state index contributed by atoms with van der Waals surface area (Å²) < 4.78 is 0. The van der Waals surface area contributed by atoms with Gasteiger partial charge in [-0.25, -0.2) is 0 Å². The first-order chi connectivity index (χ1) is 9.61. The van der Waals surface area contributed by atoms with Gasteiger partial charge in [-0.1, -0.05) is 25.3 Å². The molecule has 1 amide bonds. The lowest BCUT2D eigenvalue weighted by atomic mass is 9.84. The van der Waals surface area contributed by atoms with Crippen molar-refractivity contribution in [2.24, 2.45) is 11.7 Å². The number of benzene rings is 1. The van der Waals surface area contributed by atoms with Gasteiger partial charge in [0.2, 0.25) is 0 Å². The standard InChI is InChI=1S/C16H24N2O2/c1-11-7-8-13(15(19)9-11)16(20)18-14(10-17)12-5-3-2-4-6-12/h7-9,12,14,19H,2-6,10,17H2,1H3,(H,18,20). The number of aryl methyl sites for hydroxylation is 1. The lowest BCUT2D eigenvalue weighted by Gasteiger charge is -2.30. The smallest absolute Gasteiger partial charge is 0.255 e. The average Bonchev–Trinajstić information content (AvgIpc) is 2.45. The van der Waals surface area contributed by atoms with E-state index in [2.05, 4.69) is 5.32 Å². The summed E-state index contributed by atoms with van der Waals surface area (Å²) in [4.78, 5) is 12.3. The SMILES string of the molecule is Cc1ccc(C(=O)NC(CN)C2CCCCC2)c(O)c1. The molecule has 20 heavy (non-hydrogen) atoms. The van der Waals surface area contributed by atoms with E-state index in [0.29, 0.717) is 18.0 Å². The van der Waals surface area contributed by atoms with E-state index in [1.54, 1.807) is 12.1 Å². The van der Waals surface area contributed by atoms with E-state index in [0.717, 1.165) is 18.4 Å². The Morgan fingerprint density at radius 1 is 1.40 bits per heavy atom. The summed E-state index contributed by atoms with van der Waals surface area (Å²) in [5, 5.41) is 12.9. The summed E-state index contributed by atoms with van der Waals surface area (Å²) in [6.07, 6.45) is 5.96. The Morgan fingerprint density at radius 2 is 2.10 bits per heavy atom. The van der Waals surface area contributed by atoms with Gasteiger partial charge in [0.05, 0.1) is 5.56 Å². The van der Waals surface area contributed by atoms with E-state index in [1.165, 1.54) is 19.3 Å². The minimum Gasteiger partial charge on any atom is -0.507 e. The largest absolute Gasteiger partial charge is 0.507 e. The third kappa shape index (κ3) is 3.51. The van der Waals surface area contributed by atoms with Crippen molar-refractivity contribution in [3.05, 3.63) is 29.3 Å². The van der Waals surface area contributed by atoms with Crippen LogP contribution in [0.25, 0.3) is 0 Å². The van der Waals surface area contributed by atoms with Crippen LogP contribution in [0.2, 0.25) is 0 Å². The van der Waals surface area contributed by atoms with E-state index in [1.807, 2.05) is 13.0 Å². The van der Waals surface area contributed by atoms with Crippen LogP contribution >= 0.6 is 0 Å². The molecule has 1 aliphatic rings. The lowest BCUT2D eigenvalue weighted by Crippen LogP contribution is -2.45. The lowest BCUT2D eigenvalue weighted by molar-refractivity contribution is 0.0913. The van der Waals surface area contributed by atoms with Gasteiger partial charge in [0.25, 0.3) is 5.91 Å². The van der Waals surface area contributed by atoms with Crippen LogP contribution in [0, 0.1) is 12.8 Å². The highest BCUT2D eigenvalue weighted by Crippen LogP contribution is 2.27. The highest BCUT2D eigenvalue weighted by molar-refractivity contribution is 5.97. The monoisotopic (exact) mass is 276 g/mol.